The van der Waals surface area contributed by atoms with Gasteiger partial charge >= 0.3 is 12.1 Å². The second kappa shape index (κ2) is 7.63. The van der Waals surface area contributed by atoms with Crippen molar-refractivity contribution >= 4 is 34.8 Å². The third-order valence-electron chi connectivity index (χ3n) is 2.61. The van der Waals surface area contributed by atoms with Crippen LogP contribution in [0.15, 0.2) is 29.6 Å². The summed E-state index contributed by atoms with van der Waals surface area (Å²) in [4.78, 5) is 27.0. The average Bonchev–Trinajstić information content (AvgIpc) is 3.00. The molecule has 0 saturated heterocycles. The summed E-state index contributed by atoms with van der Waals surface area (Å²) in [7, 11) is 0. The van der Waals surface area contributed by atoms with Gasteiger partial charge in [-0.15, -0.1) is 11.3 Å². The van der Waals surface area contributed by atoms with Gasteiger partial charge in [0.25, 0.3) is 5.91 Å². The van der Waals surface area contributed by atoms with E-state index in [0.29, 0.717) is 15.6 Å². The van der Waals surface area contributed by atoms with Gasteiger partial charge in [-0.25, -0.2) is 9.78 Å². The highest BCUT2D eigenvalue weighted by molar-refractivity contribution is 7.13. The highest BCUT2D eigenvalue weighted by Crippen LogP contribution is 2.26. The Kier molecular flexibility index (Phi) is 5.79. The summed E-state index contributed by atoms with van der Waals surface area (Å²) in [5.41, 5.74) is 0.660. The molecule has 0 bridgehead atoms. The maximum atomic E-state index is 11.9. The summed E-state index contributed by atoms with van der Waals surface area (Å²) in [5, 5.41) is 4.04. The van der Waals surface area contributed by atoms with E-state index in [9.17, 15) is 22.8 Å². The average molecular weight is 379 g/mol. The van der Waals surface area contributed by atoms with Gasteiger partial charge in [0.2, 0.25) is 0 Å². The van der Waals surface area contributed by atoms with Crippen molar-refractivity contribution in [3.05, 3.63) is 40.4 Å². The number of nitrogens with zero attached hydrogens (tertiary/aromatic N) is 1. The molecule has 0 aliphatic heterocycles. The number of carbonyl (C=O) groups excluding carboxylic acids is 2. The van der Waals surface area contributed by atoms with Crippen LogP contribution in [0.3, 0.4) is 0 Å². The third kappa shape index (κ3) is 5.50. The van der Waals surface area contributed by atoms with Gasteiger partial charge in [-0.3, -0.25) is 4.79 Å². The van der Waals surface area contributed by atoms with Crippen LogP contribution in [0.4, 0.5) is 13.2 Å². The Labute approximate surface area is 143 Å². The first kappa shape index (κ1) is 18.2. The van der Waals surface area contributed by atoms with E-state index in [-0.39, 0.29) is 5.69 Å². The molecule has 1 aromatic carbocycles. The molecule has 5 nitrogen and oxygen atoms in total. The van der Waals surface area contributed by atoms with Crippen LogP contribution in [-0.4, -0.2) is 36.2 Å². The van der Waals surface area contributed by atoms with Crippen LogP contribution in [0.5, 0.6) is 0 Å². The predicted octanol–water partition coefficient (Wildman–Crippen LogP) is 3.30. The van der Waals surface area contributed by atoms with Crippen molar-refractivity contribution < 1.29 is 27.5 Å². The van der Waals surface area contributed by atoms with Gasteiger partial charge in [0.15, 0.2) is 12.3 Å². The zero-order chi connectivity index (χ0) is 17.7. The Morgan fingerprint density at radius 1 is 1.33 bits per heavy atom. The first-order valence-electron chi connectivity index (χ1n) is 6.46. The van der Waals surface area contributed by atoms with Crippen molar-refractivity contribution in [3.63, 3.8) is 0 Å². The van der Waals surface area contributed by atoms with Gasteiger partial charge in [-0.1, -0.05) is 23.7 Å². The number of benzene rings is 1. The lowest BCUT2D eigenvalue weighted by molar-refractivity contribution is -0.140. The number of thiazole rings is 1. The zero-order valence-corrected chi connectivity index (χ0v) is 13.5. The predicted molar refractivity (Wildman–Crippen MR) is 81.9 cm³/mol. The molecule has 2 aromatic rings. The zero-order valence-electron chi connectivity index (χ0n) is 11.9. The van der Waals surface area contributed by atoms with Gasteiger partial charge in [-0.05, 0) is 12.1 Å². The van der Waals surface area contributed by atoms with Gasteiger partial charge < -0.3 is 10.1 Å². The van der Waals surface area contributed by atoms with Crippen molar-refractivity contribution in [1.82, 2.24) is 10.3 Å². The summed E-state index contributed by atoms with van der Waals surface area (Å²) in [6, 6.07) is 6.83. The van der Waals surface area contributed by atoms with Crippen LogP contribution >= 0.6 is 22.9 Å². The maximum absolute atomic E-state index is 11.9. The maximum Gasteiger partial charge on any atom is 0.405 e. The second-order valence-corrected chi connectivity index (χ2v) is 5.81. The van der Waals surface area contributed by atoms with E-state index in [4.69, 9.17) is 11.6 Å². The van der Waals surface area contributed by atoms with Crippen molar-refractivity contribution in [1.29, 1.82) is 0 Å². The summed E-state index contributed by atoms with van der Waals surface area (Å²) in [6.07, 6.45) is -4.53. The molecule has 24 heavy (non-hydrogen) atoms. The molecule has 0 aliphatic carbocycles. The van der Waals surface area contributed by atoms with Crippen molar-refractivity contribution in [2.75, 3.05) is 13.2 Å². The Morgan fingerprint density at radius 2 is 2.08 bits per heavy atom. The quantitative estimate of drug-likeness (QED) is 0.811. The lowest BCUT2D eigenvalue weighted by atomic mass is 10.2. The Bertz CT molecular complexity index is 749. The molecule has 0 aliphatic rings. The summed E-state index contributed by atoms with van der Waals surface area (Å²) >= 11 is 7.04. The molecule has 1 N–H and O–H groups in total. The number of ether oxygens (including phenoxy) is 1. The topological polar surface area (TPSA) is 68.3 Å². The van der Waals surface area contributed by atoms with Crippen molar-refractivity contribution in [2.24, 2.45) is 0 Å². The standard InChI is InChI=1S/C14H10ClF3N2O3S/c15-9-3-1-2-8(4-9)12-20-10(6-24-12)13(22)23-5-11(21)19-7-14(16,17)18/h1-4,6H,5,7H2,(H,19,21). The van der Waals surface area contributed by atoms with E-state index in [1.807, 2.05) is 0 Å². The number of hydrogen-bond donors (Lipinski definition) is 1. The van der Waals surface area contributed by atoms with Crippen molar-refractivity contribution in [2.45, 2.75) is 6.18 Å². The molecule has 1 heterocycles. The Hall–Kier alpha value is -2.13. The number of rotatable bonds is 5. The number of halogens is 4. The second-order valence-electron chi connectivity index (χ2n) is 4.52. The lowest BCUT2D eigenvalue weighted by Crippen LogP contribution is -2.36. The highest BCUT2D eigenvalue weighted by Gasteiger charge is 2.27. The molecular formula is C14H10ClF3N2O3S. The largest absolute Gasteiger partial charge is 0.451 e. The van der Waals surface area contributed by atoms with E-state index < -0.39 is 31.2 Å². The molecule has 0 spiro atoms. The molecule has 1 amide bonds. The first-order valence-corrected chi connectivity index (χ1v) is 7.72. The number of hydrogen-bond acceptors (Lipinski definition) is 5. The van der Waals surface area contributed by atoms with Gasteiger partial charge in [0.1, 0.15) is 11.6 Å². The molecule has 0 saturated carbocycles. The molecule has 0 unspecified atom stereocenters. The van der Waals surface area contributed by atoms with E-state index in [2.05, 4.69) is 9.72 Å². The van der Waals surface area contributed by atoms with Crippen LogP contribution in [-0.2, 0) is 9.53 Å². The van der Waals surface area contributed by atoms with Crippen molar-refractivity contribution in [3.8, 4) is 10.6 Å². The number of amides is 1. The Balaban J connectivity index is 1.91. The minimum atomic E-state index is -4.53. The highest BCUT2D eigenvalue weighted by atomic mass is 35.5. The fourth-order valence-corrected chi connectivity index (χ4v) is 2.55. The summed E-state index contributed by atoms with van der Waals surface area (Å²) in [5.74, 6) is -1.95. The lowest BCUT2D eigenvalue weighted by Gasteiger charge is -2.08. The fourth-order valence-electron chi connectivity index (χ4n) is 1.58. The van der Waals surface area contributed by atoms with Crippen LogP contribution in [0.1, 0.15) is 10.5 Å². The Morgan fingerprint density at radius 3 is 2.75 bits per heavy atom. The van der Waals surface area contributed by atoms with E-state index in [1.165, 1.54) is 16.7 Å². The molecule has 0 radical (unpaired) electrons. The number of aromatic nitrogens is 1. The fraction of sp³-hybridized carbons (Fsp3) is 0.214. The normalized spacial score (nSPS) is 11.2. The molecule has 0 fully saturated rings. The first-order chi connectivity index (χ1) is 11.2. The van der Waals surface area contributed by atoms with Gasteiger partial charge in [0, 0.05) is 16.0 Å². The van der Waals surface area contributed by atoms with E-state index >= 15 is 0 Å². The van der Waals surface area contributed by atoms with Crippen LogP contribution < -0.4 is 5.32 Å². The minimum Gasteiger partial charge on any atom is -0.451 e. The molecule has 10 heteroatoms. The number of nitrogens with one attached hydrogen (secondary N) is 1. The molecular weight excluding hydrogens is 369 g/mol. The molecule has 0 atom stereocenters. The number of esters is 1. The third-order valence-corrected chi connectivity index (χ3v) is 3.73. The SMILES string of the molecule is O=C(COC(=O)c1csc(-c2cccc(Cl)c2)n1)NCC(F)(F)F. The summed E-state index contributed by atoms with van der Waals surface area (Å²) < 4.78 is 40.4. The van der Waals surface area contributed by atoms with Gasteiger partial charge in [-0.2, -0.15) is 13.2 Å². The molecule has 128 valence electrons. The van der Waals surface area contributed by atoms with E-state index in [1.54, 1.807) is 29.6 Å². The van der Waals surface area contributed by atoms with Crippen LogP contribution in [0, 0.1) is 0 Å². The molecule has 1 aromatic heterocycles. The number of alkyl halides is 3. The van der Waals surface area contributed by atoms with Crippen LogP contribution in [0.2, 0.25) is 5.02 Å². The minimum absolute atomic E-state index is 0.0430. The smallest absolute Gasteiger partial charge is 0.405 e. The molecule has 2 rings (SSSR count). The summed E-state index contributed by atoms with van der Waals surface area (Å²) in [6.45, 7) is -2.31. The van der Waals surface area contributed by atoms with Crippen LogP contribution in [0.25, 0.3) is 10.6 Å². The van der Waals surface area contributed by atoms with Gasteiger partial charge in [0.05, 0.1) is 0 Å². The number of carbonyl (C=O) groups is 2. The monoisotopic (exact) mass is 378 g/mol. The van der Waals surface area contributed by atoms with E-state index in [0.717, 1.165) is 0 Å².